The van der Waals surface area contributed by atoms with E-state index >= 15 is 0 Å². The highest BCUT2D eigenvalue weighted by atomic mass is 35.5. The summed E-state index contributed by atoms with van der Waals surface area (Å²) in [4.78, 5) is 19.9. The maximum absolute atomic E-state index is 11.7. The van der Waals surface area contributed by atoms with Crippen LogP contribution in [0.4, 0.5) is 4.79 Å². The number of alkyl carbamates (subject to hydrolysis) is 1. The van der Waals surface area contributed by atoms with Gasteiger partial charge >= 0.3 is 6.09 Å². The van der Waals surface area contributed by atoms with Gasteiger partial charge in [0.15, 0.2) is 5.84 Å². The molecule has 0 aliphatic carbocycles. The van der Waals surface area contributed by atoms with E-state index in [1.54, 1.807) is 18.5 Å². The summed E-state index contributed by atoms with van der Waals surface area (Å²) >= 11 is 11.5. The van der Waals surface area contributed by atoms with Gasteiger partial charge in [-0.15, -0.1) is 0 Å². The molecular weight excluding hydrogens is 401 g/mol. The van der Waals surface area contributed by atoms with E-state index < -0.39 is 6.09 Å². The summed E-state index contributed by atoms with van der Waals surface area (Å²) in [7, 11) is 0. The number of aliphatic imine (C=N–C) groups is 1. The quantitative estimate of drug-likeness (QED) is 0.276. The summed E-state index contributed by atoms with van der Waals surface area (Å²) in [6, 6.07) is 7.26. The van der Waals surface area contributed by atoms with Crippen LogP contribution in [0.3, 0.4) is 0 Å². The van der Waals surface area contributed by atoms with Gasteiger partial charge in [-0.25, -0.2) is 14.8 Å². The van der Waals surface area contributed by atoms with E-state index in [1.165, 1.54) is 0 Å². The molecule has 0 aliphatic heterocycles. The topological polar surface area (TPSA) is 94.5 Å². The van der Waals surface area contributed by atoms with E-state index in [0.29, 0.717) is 23.9 Å². The number of carbonyl (C=O) groups excluding carboxylic acids is 1. The van der Waals surface area contributed by atoms with Crippen LogP contribution in [0.5, 0.6) is 0 Å². The minimum Gasteiger partial charge on any atom is -0.450 e. The van der Waals surface area contributed by atoms with Gasteiger partial charge in [-0.3, -0.25) is 0 Å². The second-order valence-corrected chi connectivity index (χ2v) is 6.94. The molecule has 0 spiro atoms. The number of nitrogens with one attached hydrogen (secondary N) is 1. The third-order valence-corrected chi connectivity index (χ3v) is 4.30. The number of nitrogens with two attached hydrogens (primary N) is 1. The van der Waals surface area contributed by atoms with E-state index in [-0.39, 0.29) is 11.0 Å². The normalized spacial score (nSPS) is 11.3. The van der Waals surface area contributed by atoms with Crippen LogP contribution in [0.15, 0.2) is 47.3 Å². The fraction of sp³-hybridized carbons (Fsp3) is 0.316. The number of amides is 1. The Morgan fingerprint density at radius 3 is 2.75 bits per heavy atom. The summed E-state index contributed by atoms with van der Waals surface area (Å²) in [6.07, 6.45) is 2.80. The van der Waals surface area contributed by atoms with Crippen molar-refractivity contribution in [3.05, 3.63) is 64.3 Å². The number of rotatable bonds is 9. The number of benzene rings is 1. The molecule has 3 N–H and O–H groups in total. The lowest BCUT2D eigenvalue weighted by molar-refractivity contribution is 0.143. The van der Waals surface area contributed by atoms with Gasteiger partial charge in [0.1, 0.15) is 10.9 Å². The summed E-state index contributed by atoms with van der Waals surface area (Å²) in [6.45, 7) is 6.85. The zero-order valence-corrected chi connectivity index (χ0v) is 17.1. The number of ether oxygens (including phenoxy) is 1. The standard InChI is InChI=1S/C19H23Cl2N5O2/c1-13-17(18(22)25-14(2)20)24-12-26(13)9-3-4-10-28-19(27)23-11-15-5-7-16(21)8-6-15/h5-8,12H,2-4,9-11H2,1H3,(H2,22,25)(H,23,27). The summed E-state index contributed by atoms with van der Waals surface area (Å²) in [5.74, 6) is 0.233. The van der Waals surface area contributed by atoms with Crippen LogP contribution < -0.4 is 11.1 Å². The SMILES string of the molecule is C=C(Cl)/N=C(/N)c1ncn(CCCCOC(=O)NCc2ccc(Cl)cc2)c1C. The molecular formula is C19H23Cl2N5O2. The summed E-state index contributed by atoms with van der Waals surface area (Å²) < 4.78 is 7.15. The summed E-state index contributed by atoms with van der Waals surface area (Å²) in [5.41, 5.74) is 8.28. The molecule has 0 saturated carbocycles. The average Bonchev–Trinajstić information content (AvgIpc) is 3.01. The molecule has 1 aromatic carbocycles. The van der Waals surface area contributed by atoms with Crippen molar-refractivity contribution in [1.29, 1.82) is 0 Å². The minimum atomic E-state index is -0.443. The zero-order valence-electron chi connectivity index (χ0n) is 15.6. The van der Waals surface area contributed by atoms with Crippen molar-refractivity contribution in [2.45, 2.75) is 32.9 Å². The Bertz CT molecular complexity index is 847. The lowest BCUT2D eigenvalue weighted by atomic mass is 10.2. The number of nitrogens with zero attached hydrogens (tertiary/aromatic N) is 3. The number of hydrogen-bond acceptors (Lipinski definition) is 4. The van der Waals surface area contributed by atoms with Crippen molar-refractivity contribution >= 4 is 35.1 Å². The van der Waals surface area contributed by atoms with Crippen molar-refractivity contribution < 1.29 is 9.53 Å². The Morgan fingerprint density at radius 2 is 2.07 bits per heavy atom. The Hall–Kier alpha value is -2.51. The predicted octanol–water partition coefficient (Wildman–Crippen LogP) is 3.97. The Labute approximate surface area is 174 Å². The van der Waals surface area contributed by atoms with E-state index in [0.717, 1.165) is 30.6 Å². The lowest BCUT2D eigenvalue weighted by Gasteiger charge is -2.08. The number of carbonyl (C=O) groups is 1. The Kier molecular flexibility index (Phi) is 8.35. The number of aromatic nitrogens is 2. The van der Waals surface area contributed by atoms with Crippen LogP contribution in [-0.4, -0.2) is 28.1 Å². The number of hydrogen-bond donors (Lipinski definition) is 2. The Balaban J connectivity index is 1.67. The second-order valence-electron chi connectivity index (χ2n) is 6.07. The van der Waals surface area contributed by atoms with Gasteiger partial charge in [-0.2, -0.15) is 0 Å². The fourth-order valence-electron chi connectivity index (χ4n) is 2.48. The first-order chi connectivity index (χ1) is 13.4. The molecule has 9 heteroatoms. The van der Waals surface area contributed by atoms with Gasteiger partial charge < -0.3 is 20.4 Å². The van der Waals surface area contributed by atoms with Crippen molar-refractivity contribution in [3.8, 4) is 0 Å². The van der Waals surface area contributed by atoms with Crippen LogP contribution >= 0.6 is 23.2 Å². The first-order valence-corrected chi connectivity index (χ1v) is 9.48. The van der Waals surface area contributed by atoms with E-state index in [2.05, 4.69) is 21.9 Å². The van der Waals surface area contributed by atoms with Gasteiger partial charge in [0.05, 0.1) is 12.9 Å². The first-order valence-electron chi connectivity index (χ1n) is 8.72. The fourth-order valence-corrected chi connectivity index (χ4v) is 2.70. The Morgan fingerprint density at radius 1 is 1.36 bits per heavy atom. The average molecular weight is 424 g/mol. The molecule has 28 heavy (non-hydrogen) atoms. The molecule has 150 valence electrons. The van der Waals surface area contributed by atoms with Crippen LogP contribution in [-0.2, 0) is 17.8 Å². The molecule has 0 unspecified atom stereocenters. The molecule has 0 bridgehead atoms. The van der Waals surface area contributed by atoms with Crippen molar-refractivity contribution in [3.63, 3.8) is 0 Å². The lowest BCUT2D eigenvalue weighted by Crippen LogP contribution is -2.24. The predicted molar refractivity (Wildman–Crippen MR) is 112 cm³/mol. The third kappa shape index (κ3) is 6.90. The molecule has 2 aromatic rings. The number of amidine groups is 1. The van der Waals surface area contributed by atoms with Crippen molar-refractivity contribution in [2.75, 3.05) is 6.61 Å². The first kappa shape index (κ1) is 21.8. The maximum atomic E-state index is 11.7. The van der Waals surface area contributed by atoms with Crippen LogP contribution in [0.25, 0.3) is 0 Å². The van der Waals surface area contributed by atoms with Gasteiger partial charge in [0.25, 0.3) is 0 Å². The second kappa shape index (κ2) is 10.7. The minimum absolute atomic E-state index is 0.109. The molecule has 0 radical (unpaired) electrons. The van der Waals surface area contributed by atoms with Crippen LogP contribution in [0.2, 0.25) is 5.02 Å². The summed E-state index contributed by atoms with van der Waals surface area (Å²) in [5, 5.41) is 3.47. The molecule has 0 atom stereocenters. The largest absolute Gasteiger partial charge is 0.450 e. The highest BCUT2D eigenvalue weighted by Gasteiger charge is 2.10. The van der Waals surface area contributed by atoms with Crippen LogP contribution in [0, 0.1) is 6.92 Å². The molecule has 2 rings (SSSR count). The van der Waals surface area contributed by atoms with Gasteiger partial charge in [0.2, 0.25) is 0 Å². The number of imidazole rings is 1. The molecule has 1 amide bonds. The van der Waals surface area contributed by atoms with E-state index in [9.17, 15) is 4.79 Å². The van der Waals surface area contributed by atoms with E-state index in [1.807, 2.05) is 23.6 Å². The number of aryl methyl sites for hydroxylation is 1. The monoisotopic (exact) mass is 423 g/mol. The van der Waals surface area contributed by atoms with E-state index in [4.69, 9.17) is 33.7 Å². The highest BCUT2D eigenvalue weighted by Crippen LogP contribution is 2.10. The third-order valence-electron chi connectivity index (χ3n) is 3.96. The number of halogens is 2. The number of unbranched alkanes of at least 4 members (excludes halogenated alkanes) is 1. The van der Waals surface area contributed by atoms with Crippen molar-refractivity contribution in [1.82, 2.24) is 14.9 Å². The molecule has 0 saturated heterocycles. The molecule has 7 nitrogen and oxygen atoms in total. The zero-order chi connectivity index (χ0) is 20.5. The van der Waals surface area contributed by atoms with Crippen LogP contribution in [0.1, 0.15) is 29.8 Å². The highest BCUT2D eigenvalue weighted by molar-refractivity contribution is 6.30. The molecule has 0 fully saturated rings. The molecule has 1 heterocycles. The smallest absolute Gasteiger partial charge is 0.407 e. The van der Waals surface area contributed by atoms with Gasteiger partial charge in [0, 0.05) is 23.8 Å². The molecule has 1 aromatic heterocycles. The van der Waals surface area contributed by atoms with Gasteiger partial charge in [-0.1, -0.05) is 41.9 Å². The molecule has 0 aliphatic rings. The maximum Gasteiger partial charge on any atom is 0.407 e. The van der Waals surface area contributed by atoms with Crippen molar-refractivity contribution in [2.24, 2.45) is 10.7 Å². The van der Waals surface area contributed by atoms with Gasteiger partial charge in [-0.05, 0) is 37.5 Å².